The van der Waals surface area contributed by atoms with Gasteiger partial charge < -0.3 is 10.6 Å². The highest BCUT2D eigenvalue weighted by atomic mass is 35.5. The molecule has 2 rings (SSSR count). The van der Waals surface area contributed by atoms with Crippen LogP contribution in [0.2, 0.25) is 5.02 Å². The zero-order chi connectivity index (χ0) is 16.2. The molecule has 0 radical (unpaired) electrons. The predicted octanol–water partition coefficient (Wildman–Crippen LogP) is 2.33. The molecule has 1 heterocycles. The normalized spacial score (nSPS) is 17.9. The Morgan fingerprint density at radius 3 is 2.64 bits per heavy atom. The molecule has 1 aromatic carbocycles. The lowest BCUT2D eigenvalue weighted by molar-refractivity contribution is 0.0947. The van der Waals surface area contributed by atoms with Gasteiger partial charge in [-0.05, 0) is 43.9 Å². The monoisotopic (exact) mass is 344 g/mol. The van der Waals surface area contributed by atoms with Gasteiger partial charge in [-0.3, -0.25) is 4.79 Å². The molecular formula is C15H21ClN2O3S. The quantitative estimate of drug-likeness (QED) is 0.859. The number of sulfone groups is 1. The minimum absolute atomic E-state index is 0.188. The van der Waals surface area contributed by atoms with E-state index >= 15 is 0 Å². The summed E-state index contributed by atoms with van der Waals surface area (Å²) in [4.78, 5) is 12.3. The van der Waals surface area contributed by atoms with Gasteiger partial charge in [-0.25, -0.2) is 8.42 Å². The van der Waals surface area contributed by atoms with Gasteiger partial charge in [-0.15, -0.1) is 0 Å². The molecule has 7 heteroatoms. The SMILES string of the molecule is CCNc1ccc(Cl)cc1C(=O)NCC1CCS(=O)(=O)CC1. The number of halogens is 1. The van der Waals surface area contributed by atoms with Crippen molar-refractivity contribution >= 4 is 33.0 Å². The molecule has 0 aliphatic carbocycles. The van der Waals surface area contributed by atoms with Crippen molar-refractivity contribution < 1.29 is 13.2 Å². The first-order valence-corrected chi connectivity index (χ1v) is 9.63. The van der Waals surface area contributed by atoms with Crippen molar-refractivity contribution in [2.24, 2.45) is 5.92 Å². The van der Waals surface area contributed by atoms with Gasteiger partial charge in [0.15, 0.2) is 0 Å². The average Bonchev–Trinajstić information content (AvgIpc) is 2.48. The second-order valence-electron chi connectivity index (χ2n) is 5.53. The molecule has 2 N–H and O–H groups in total. The zero-order valence-corrected chi connectivity index (χ0v) is 14.1. The van der Waals surface area contributed by atoms with E-state index in [1.165, 1.54) is 0 Å². The molecule has 0 saturated carbocycles. The summed E-state index contributed by atoms with van der Waals surface area (Å²) < 4.78 is 22.8. The van der Waals surface area contributed by atoms with Crippen LogP contribution in [0.1, 0.15) is 30.1 Å². The van der Waals surface area contributed by atoms with Gasteiger partial charge in [-0.1, -0.05) is 11.6 Å². The fourth-order valence-corrected chi connectivity index (χ4v) is 4.29. The van der Waals surface area contributed by atoms with Crippen molar-refractivity contribution in [3.8, 4) is 0 Å². The van der Waals surface area contributed by atoms with Crippen LogP contribution in [-0.4, -0.2) is 38.9 Å². The predicted molar refractivity (Wildman–Crippen MR) is 89.3 cm³/mol. The Bertz CT molecular complexity index is 632. The van der Waals surface area contributed by atoms with Gasteiger partial charge in [0.25, 0.3) is 5.91 Å². The summed E-state index contributed by atoms with van der Waals surface area (Å²) in [6.45, 7) is 3.16. The van der Waals surface area contributed by atoms with Crippen LogP contribution in [0.4, 0.5) is 5.69 Å². The first-order valence-electron chi connectivity index (χ1n) is 7.43. The molecule has 1 aliphatic heterocycles. The molecule has 0 spiro atoms. The fourth-order valence-electron chi connectivity index (χ4n) is 2.52. The van der Waals surface area contributed by atoms with E-state index in [2.05, 4.69) is 10.6 Å². The van der Waals surface area contributed by atoms with Crippen LogP contribution < -0.4 is 10.6 Å². The zero-order valence-electron chi connectivity index (χ0n) is 12.6. The van der Waals surface area contributed by atoms with E-state index in [-0.39, 0.29) is 23.3 Å². The van der Waals surface area contributed by atoms with Gasteiger partial charge >= 0.3 is 0 Å². The molecular weight excluding hydrogens is 324 g/mol. The van der Waals surface area contributed by atoms with Crippen LogP contribution in [0.15, 0.2) is 18.2 Å². The van der Waals surface area contributed by atoms with Crippen LogP contribution in [0.25, 0.3) is 0 Å². The largest absolute Gasteiger partial charge is 0.385 e. The molecule has 0 bridgehead atoms. The summed E-state index contributed by atoms with van der Waals surface area (Å²) in [5, 5.41) is 6.53. The number of rotatable bonds is 5. The molecule has 0 aromatic heterocycles. The Hall–Kier alpha value is -1.27. The molecule has 0 atom stereocenters. The highest BCUT2D eigenvalue weighted by Gasteiger charge is 2.24. The van der Waals surface area contributed by atoms with E-state index in [1.54, 1.807) is 18.2 Å². The van der Waals surface area contributed by atoms with E-state index in [0.29, 0.717) is 36.5 Å². The lowest BCUT2D eigenvalue weighted by atomic mass is 10.0. The first kappa shape index (κ1) is 17.1. The number of carbonyl (C=O) groups is 1. The number of hydrogen-bond donors (Lipinski definition) is 2. The van der Waals surface area contributed by atoms with Crippen LogP contribution in [0, 0.1) is 5.92 Å². The number of anilines is 1. The summed E-state index contributed by atoms with van der Waals surface area (Å²) >= 11 is 5.97. The van der Waals surface area contributed by atoms with E-state index in [0.717, 1.165) is 5.69 Å². The third-order valence-electron chi connectivity index (χ3n) is 3.82. The van der Waals surface area contributed by atoms with Gasteiger partial charge in [0, 0.05) is 23.8 Å². The lowest BCUT2D eigenvalue weighted by Crippen LogP contribution is -2.34. The molecule has 22 heavy (non-hydrogen) atoms. The Labute approximate surface area is 136 Å². The van der Waals surface area contributed by atoms with Crippen molar-refractivity contribution in [2.75, 3.05) is 29.9 Å². The number of nitrogens with one attached hydrogen (secondary N) is 2. The van der Waals surface area contributed by atoms with Crippen molar-refractivity contribution in [3.63, 3.8) is 0 Å². The Morgan fingerprint density at radius 1 is 1.32 bits per heavy atom. The van der Waals surface area contributed by atoms with E-state index < -0.39 is 9.84 Å². The molecule has 1 saturated heterocycles. The smallest absolute Gasteiger partial charge is 0.253 e. The summed E-state index contributed by atoms with van der Waals surface area (Å²) in [6, 6.07) is 5.16. The maximum Gasteiger partial charge on any atom is 0.253 e. The number of carbonyl (C=O) groups excluding carboxylic acids is 1. The minimum Gasteiger partial charge on any atom is -0.385 e. The third kappa shape index (κ3) is 4.61. The molecule has 1 aliphatic rings. The first-order chi connectivity index (χ1) is 10.4. The van der Waals surface area contributed by atoms with Crippen molar-refractivity contribution in [1.29, 1.82) is 0 Å². The Kier molecular flexibility index (Phi) is 5.69. The van der Waals surface area contributed by atoms with Crippen molar-refractivity contribution in [1.82, 2.24) is 5.32 Å². The Morgan fingerprint density at radius 2 is 2.00 bits per heavy atom. The second kappa shape index (κ2) is 7.33. The molecule has 122 valence electrons. The maximum atomic E-state index is 12.3. The summed E-state index contributed by atoms with van der Waals surface area (Å²) in [6.07, 6.45) is 1.22. The number of hydrogen-bond acceptors (Lipinski definition) is 4. The minimum atomic E-state index is -2.87. The second-order valence-corrected chi connectivity index (χ2v) is 8.27. The summed E-state index contributed by atoms with van der Waals surface area (Å²) in [7, 11) is -2.87. The number of benzene rings is 1. The summed E-state index contributed by atoms with van der Waals surface area (Å²) in [5.41, 5.74) is 1.26. The molecule has 1 amide bonds. The van der Waals surface area contributed by atoms with Crippen LogP contribution in [-0.2, 0) is 9.84 Å². The van der Waals surface area contributed by atoms with Gasteiger partial charge in [-0.2, -0.15) is 0 Å². The molecule has 1 aromatic rings. The highest BCUT2D eigenvalue weighted by molar-refractivity contribution is 7.91. The standard InChI is InChI=1S/C15H21ClN2O3S/c1-2-17-14-4-3-12(16)9-13(14)15(19)18-10-11-5-7-22(20,21)8-6-11/h3-4,9,11,17H,2,5-8,10H2,1H3,(H,18,19). The van der Waals surface area contributed by atoms with Crippen LogP contribution in [0.5, 0.6) is 0 Å². The lowest BCUT2D eigenvalue weighted by Gasteiger charge is -2.22. The van der Waals surface area contributed by atoms with E-state index in [9.17, 15) is 13.2 Å². The van der Waals surface area contributed by atoms with Gasteiger partial charge in [0.05, 0.1) is 17.1 Å². The highest BCUT2D eigenvalue weighted by Crippen LogP contribution is 2.22. The summed E-state index contributed by atoms with van der Waals surface area (Å²) in [5.74, 6) is 0.460. The maximum absolute atomic E-state index is 12.3. The van der Waals surface area contributed by atoms with Crippen molar-refractivity contribution in [2.45, 2.75) is 19.8 Å². The fraction of sp³-hybridized carbons (Fsp3) is 0.533. The molecule has 5 nitrogen and oxygen atoms in total. The average molecular weight is 345 g/mol. The third-order valence-corrected chi connectivity index (χ3v) is 5.77. The topological polar surface area (TPSA) is 75.3 Å². The number of amides is 1. The van der Waals surface area contributed by atoms with E-state index in [4.69, 9.17) is 11.6 Å². The molecule has 0 unspecified atom stereocenters. The molecule has 1 fully saturated rings. The van der Waals surface area contributed by atoms with Gasteiger partial charge in [0.1, 0.15) is 9.84 Å². The van der Waals surface area contributed by atoms with Crippen LogP contribution >= 0.6 is 11.6 Å². The van der Waals surface area contributed by atoms with E-state index in [1.807, 2.05) is 6.92 Å². The van der Waals surface area contributed by atoms with Crippen molar-refractivity contribution in [3.05, 3.63) is 28.8 Å². The van der Waals surface area contributed by atoms with Crippen LogP contribution in [0.3, 0.4) is 0 Å². The van der Waals surface area contributed by atoms with Gasteiger partial charge in [0.2, 0.25) is 0 Å². The Balaban J connectivity index is 1.96.